The van der Waals surface area contributed by atoms with Gasteiger partial charge in [-0.05, 0) is 51.0 Å². The molecule has 2 aromatic rings. The van der Waals surface area contributed by atoms with Crippen molar-refractivity contribution < 1.29 is 9.52 Å². The van der Waals surface area contributed by atoms with Crippen LogP contribution >= 0.6 is 24.0 Å². The maximum Gasteiger partial charge on any atom is 0.191 e. The molecule has 0 aliphatic carbocycles. The van der Waals surface area contributed by atoms with E-state index < -0.39 is 5.60 Å². The first kappa shape index (κ1) is 21.4. The second-order valence-corrected chi connectivity index (χ2v) is 5.93. The van der Waals surface area contributed by atoms with Gasteiger partial charge in [0, 0.05) is 25.0 Å². The summed E-state index contributed by atoms with van der Waals surface area (Å²) in [5.74, 6) is 1.18. The first-order valence-corrected chi connectivity index (χ1v) is 8.21. The average molecular weight is 458 g/mol. The molecule has 0 radical (unpaired) electrons. The molecule has 6 nitrogen and oxygen atoms in total. The van der Waals surface area contributed by atoms with E-state index >= 15 is 0 Å². The van der Waals surface area contributed by atoms with Gasteiger partial charge in [0.25, 0.3) is 0 Å². The number of nitrogens with zero attached hydrogens (tertiary/aromatic N) is 2. The molecule has 2 aromatic heterocycles. The summed E-state index contributed by atoms with van der Waals surface area (Å²) in [7, 11) is 0. The summed E-state index contributed by atoms with van der Waals surface area (Å²) in [5.41, 5.74) is 1.06. The number of nitrogens with one attached hydrogen (secondary N) is 2. The van der Waals surface area contributed by atoms with E-state index in [0.717, 1.165) is 25.2 Å². The lowest BCUT2D eigenvalue weighted by atomic mass is 10.0. The minimum absolute atomic E-state index is 0. The molecule has 2 rings (SSSR count). The maximum atomic E-state index is 10.5. The van der Waals surface area contributed by atoms with Crippen LogP contribution < -0.4 is 10.6 Å². The quantitative estimate of drug-likeness (QED) is 0.338. The van der Waals surface area contributed by atoms with Crippen LogP contribution in [0.3, 0.4) is 0 Å². The van der Waals surface area contributed by atoms with Gasteiger partial charge in [-0.2, -0.15) is 0 Å². The van der Waals surface area contributed by atoms with Gasteiger partial charge in [0.1, 0.15) is 11.4 Å². The van der Waals surface area contributed by atoms with E-state index in [1.807, 2.05) is 26.1 Å². The molecule has 7 heteroatoms. The van der Waals surface area contributed by atoms with E-state index in [2.05, 4.69) is 26.7 Å². The lowest BCUT2D eigenvalue weighted by Crippen LogP contribution is -2.39. The number of guanidine groups is 1. The highest BCUT2D eigenvalue weighted by Gasteiger charge is 2.25. The molecule has 0 saturated carbocycles. The van der Waals surface area contributed by atoms with Crippen molar-refractivity contribution in [2.75, 3.05) is 19.6 Å². The van der Waals surface area contributed by atoms with Gasteiger partial charge in [-0.3, -0.25) is 4.98 Å². The zero-order valence-electron chi connectivity index (χ0n) is 15.0. The second-order valence-electron chi connectivity index (χ2n) is 5.93. The lowest BCUT2D eigenvalue weighted by Gasteiger charge is -2.19. The summed E-state index contributed by atoms with van der Waals surface area (Å²) in [4.78, 5) is 8.75. The number of halogens is 1. The summed E-state index contributed by atoms with van der Waals surface area (Å²) < 4.78 is 5.27. The molecule has 0 fully saturated rings. The highest BCUT2D eigenvalue weighted by molar-refractivity contribution is 14.0. The predicted octanol–water partition coefficient (Wildman–Crippen LogP) is 2.61. The largest absolute Gasteiger partial charge is 0.466 e. The molecule has 1 unspecified atom stereocenters. The van der Waals surface area contributed by atoms with Crippen LogP contribution in [-0.2, 0) is 12.0 Å². The van der Waals surface area contributed by atoms with Crippen molar-refractivity contribution in [2.45, 2.75) is 32.8 Å². The predicted molar refractivity (Wildman–Crippen MR) is 110 cm³/mol. The van der Waals surface area contributed by atoms with E-state index in [1.165, 1.54) is 5.56 Å². The molecule has 0 aromatic carbocycles. The Bertz CT molecular complexity index is 640. The van der Waals surface area contributed by atoms with Crippen molar-refractivity contribution in [3.8, 4) is 0 Å². The molecule has 0 bridgehead atoms. The number of rotatable bonds is 7. The number of aromatic nitrogens is 1. The van der Waals surface area contributed by atoms with Gasteiger partial charge in [-0.25, -0.2) is 4.99 Å². The molecule has 3 N–H and O–H groups in total. The first-order valence-electron chi connectivity index (χ1n) is 8.21. The molecular formula is C18H27IN4O2. The highest BCUT2D eigenvalue weighted by atomic mass is 127. The Morgan fingerprint density at radius 1 is 1.32 bits per heavy atom. The number of aliphatic hydroxyl groups is 1. The summed E-state index contributed by atoms with van der Waals surface area (Å²) in [6, 6.07) is 7.60. The lowest BCUT2D eigenvalue weighted by molar-refractivity contribution is 0.0437. The minimum Gasteiger partial charge on any atom is -0.466 e. The van der Waals surface area contributed by atoms with Crippen LogP contribution in [0.2, 0.25) is 0 Å². The monoisotopic (exact) mass is 458 g/mol. The Morgan fingerprint density at radius 2 is 2.12 bits per heavy atom. The third kappa shape index (κ3) is 7.03. The van der Waals surface area contributed by atoms with Gasteiger partial charge in [-0.15, -0.1) is 24.0 Å². The van der Waals surface area contributed by atoms with Crippen molar-refractivity contribution in [3.63, 3.8) is 0 Å². The topological polar surface area (TPSA) is 82.7 Å². The van der Waals surface area contributed by atoms with Crippen LogP contribution in [0.1, 0.15) is 30.9 Å². The number of furan rings is 1. The zero-order valence-corrected chi connectivity index (χ0v) is 17.3. The fraction of sp³-hybridized carbons (Fsp3) is 0.444. The third-order valence-electron chi connectivity index (χ3n) is 3.62. The van der Waals surface area contributed by atoms with E-state index in [4.69, 9.17) is 4.42 Å². The Kier molecular flexibility index (Phi) is 8.91. The number of pyridine rings is 1. The van der Waals surface area contributed by atoms with Crippen molar-refractivity contribution in [3.05, 3.63) is 53.7 Å². The number of hydrogen-bond donors (Lipinski definition) is 3. The maximum absolute atomic E-state index is 10.5. The summed E-state index contributed by atoms with van der Waals surface area (Å²) in [6.45, 7) is 7.37. The fourth-order valence-electron chi connectivity index (χ4n) is 2.21. The van der Waals surface area contributed by atoms with Crippen LogP contribution in [0.15, 0.2) is 46.1 Å². The fourth-order valence-corrected chi connectivity index (χ4v) is 2.21. The van der Waals surface area contributed by atoms with E-state index in [9.17, 15) is 5.11 Å². The number of aliphatic imine (C=N–C) groups is 1. The van der Waals surface area contributed by atoms with E-state index in [0.29, 0.717) is 11.7 Å². The van der Waals surface area contributed by atoms with Crippen molar-refractivity contribution in [2.24, 2.45) is 4.99 Å². The Morgan fingerprint density at radius 3 is 2.72 bits per heavy atom. The molecule has 0 amide bonds. The zero-order chi connectivity index (χ0) is 17.4. The molecule has 2 heterocycles. The minimum atomic E-state index is -1.13. The SMILES string of the molecule is CCNC(=NCC(C)(O)c1ccco1)NCCc1ccc(C)nc1.I. The average Bonchev–Trinajstić information content (AvgIpc) is 3.10. The van der Waals surface area contributed by atoms with Crippen LogP contribution in [-0.4, -0.2) is 35.7 Å². The Hall–Kier alpha value is -1.61. The smallest absolute Gasteiger partial charge is 0.191 e. The third-order valence-corrected chi connectivity index (χ3v) is 3.62. The molecule has 0 aliphatic heterocycles. The number of hydrogen-bond acceptors (Lipinski definition) is 4. The molecule has 0 saturated heterocycles. The van der Waals surface area contributed by atoms with Gasteiger partial charge in [0.2, 0.25) is 0 Å². The second kappa shape index (κ2) is 10.4. The molecule has 0 aliphatic rings. The summed E-state index contributed by atoms with van der Waals surface area (Å²) in [5, 5.41) is 16.9. The van der Waals surface area contributed by atoms with Gasteiger partial charge in [-0.1, -0.05) is 6.07 Å². The van der Waals surface area contributed by atoms with Crippen LogP contribution in [0.25, 0.3) is 0 Å². The number of aryl methyl sites for hydroxylation is 1. The first-order chi connectivity index (χ1) is 11.5. The van der Waals surface area contributed by atoms with Gasteiger partial charge in [0.05, 0.1) is 12.8 Å². The summed E-state index contributed by atoms with van der Waals surface area (Å²) in [6.07, 6.45) is 4.29. The van der Waals surface area contributed by atoms with E-state index in [-0.39, 0.29) is 30.5 Å². The Balaban J connectivity index is 0.00000312. The van der Waals surface area contributed by atoms with Gasteiger partial charge >= 0.3 is 0 Å². The van der Waals surface area contributed by atoms with Crippen molar-refractivity contribution >= 4 is 29.9 Å². The molecule has 25 heavy (non-hydrogen) atoms. The van der Waals surface area contributed by atoms with Crippen LogP contribution in [0, 0.1) is 6.92 Å². The van der Waals surface area contributed by atoms with Crippen molar-refractivity contribution in [1.29, 1.82) is 0 Å². The van der Waals surface area contributed by atoms with Gasteiger partial charge in [0.15, 0.2) is 5.96 Å². The molecule has 1 atom stereocenters. The van der Waals surface area contributed by atoms with E-state index in [1.54, 1.807) is 25.3 Å². The Labute approximate surface area is 166 Å². The highest BCUT2D eigenvalue weighted by Crippen LogP contribution is 2.20. The van der Waals surface area contributed by atoms with Crippen LogP contribution in [0.5, 0.6) is 0 Å². The molecule has 138 valence electrons. The van der Waals surface area contributed by atoms with Crippen molar-refractivity contribution in [1.82, 2.24) is 15.6 Å². The summed E-state index contributed by atoms with van der Waals surface area (Å²) >= 11 is 0. The standard InChI is InChI=1S/C18H26N4O2.HI/c1-4-19-17(20-10-9-15-8-7-14(2)21-12-15)22-13-18(3,23)16-6-5-11-24-16;/h5-8,11-12,23H,4,9-10,13H2,1-3H3,(H2,19,20,22);1H. The molecule has 0 spiro atoms. The van der Waals surface area contributed by atoms with Gasteiger partial charge < -0.3 is 20.2 Å². The molecular weight excluding hydrogens is 431 g/mol. The normalized spacial score (nSPS) is 13.7. The van der Waals surface area contributed by atoms with Crippen LogP contribution in [0.4, 0.5) is 0 Å².